The van der Waals surface area contributed by atoms with Crippen molar-refractivity contribution in [3.05, 3.63) is 0 Å². The molecule has 6 heteroatoms. The largest absolute Gasteiger partial charge is 0.382 e. The van der Waals surface area contributed by atoms with E-state index in [2.05, 4.69) is 0 Å². The molecule has 0 aliphatic rings. The van der Waals surface area contributed by atoms with E-state index >= 15 is 0 Å². The number of nitrogens with two attached hydrogens (primary N) is 1. The van der Waals surface area contributed by atoms with Crippen LogP contribution in [0.2, 0.25) is 0 Å². The Bertz CT molecular complexity index is 124. The summed E-state index contributed by atoms with van der Waals surface area (Å²) in [6.07, 6.45) is 0. The van der Waals surface area contributed by atoms with Gasteiger partial charge in [0, 0.05) is 27.3 Å². The van der Waals surface area contributed by atoms with Crippen molar-refractivity contribution in [3.63, 3.8) is 0 Å². The molecule has 16 heavy (non-hydrogen) atoms. The molecule has 0 unspecified atom stereocenters. The first-order valence-corrected chi connectivity index (χ1v) is 5.44. The first-order chi connectivity index (χ1) is 7.81. The molecule has 0 fully saturated rings. The van der Waals surface area contributed by atoms with Gasteiger partial charge in [0.1, 0.15) is 0 Å². The number of nitrogens with zero attached hydrogens (tertiary/aromatic N) is 1. The summed E-state index contributed by atoms with van der Waals surface area (Å²) in [6.45, 7) is 5.04. The predicted octanol–water partition coefficient (Wildman–Crippen LogP) is -0.512. The fourth-order valence-electron chi connectivity index (χ4n) is 0.964. The first kappa shape index (κ1) is 15.8. The SMILES string of the molecule is COCCOCCN(N)CCOCCOC. The molecular formula is C10H24N2O4. The van der Waals surface area contributed by atoms with Crippen LogP contribution in [0.5, 0.6) is 0 Å². The van der Waals surface area contributed by atoms with E-state index in [9.17, 15) is 0 Å². The summed E-state index contributed by atoms with van der Waals surface area (Å²) < 4.78 is 20.3. The molecule has 0 aromatic carbocycles. The zero-order valence-electron chi connectivity index (χ0n) is 10.3. The van der Waals surface area contributed by atoms with Crippen LogP contribution >= 0.6 is 0 Å². The van der Waals surface area contributed by atoms with Crippen LogP contribution in [0.15, 0.2) is 0 Å². The molecule has 0 radical (unpaired) electrons. The molecule has 0 aromatic heterocycles. The summed E-state index contributed by atoms with van der Waals surface area (Å²) in [7, 11) is 3.30. The van der Waals surface area contributed by atoms with Crippen LogP contribution in [-0.4, -0.2) is 72.0 Å². The van der Waals surface area contributed by atoms with Gasteiger partial charge in [0.25, 0.3) is 0 Å². The van der Waals surface area contributed by atoms with Gasteiger partial charge in [-0.3, -0.25) is 5.84 Å². The maximum Gasteiger partial charge on any atom is 0.0700 e. The second kappa shape index (κ2) is 12.8. The molecular weight excluding hydrogens is 212 g/mol. The number of methoxy groups -OCH3 is 2. The summed E-state index contributed by atoms with van der Waals surface area (Å²) in [5.41, 5.74) is 0. The summed E-state index contributed by atoms with van der Waals surface area (Å²) >= 11 is 0. The highest BCUT2D eigenvalue weighted by molar-refractivity contribution is 4.47. The highest BCUT2D eigenvalue weighted by Crippen LogP contribution is 1.83. The number of rotatable bonds is 12. The average molecular weight is 236 g/mol. The summed E-state index contributed by atoms with van der Waals surface area (Å²) in [5.74, 6) is 5.71. The average Bonchev–Trinajstić information content (AvgIpc) is 2.28. The summed E-state index contributed by atoms with van der Waals surface area (Å²) in [5, 5.41) is 1.68. The Labute approximate surface area is 97.5 Å². The van der Waals surface area contributed by atoms with Gasteiger partial charge in [0.05, 0.1) is 39.6 Å². The Balaban J connectivity index is 3.09. The van der Waals surface area contributed by atoms with E-state index in [4.69, 9.17) is 24.8 Å². The Morgan fingerprint density at radius 1 is 0.750 bits per heavy atom. The van der Waals surface area contributed by atoms with Gasteiger partial charge in [-0.05, 0) is 0 Å². The van der Waals surface area contributed by atoms with Crippen molar-refractivity contribution in [1.82, 2.24) is 5.01 Å². The zero-order chi connectivity index (χ0) is 12.1. The lowest BCUT2D eigenvalue weighted by Gasteiger charge is -2.16. The molecule has 0 aliphatic heterocycles. The lowest BCUT2D eigenvalue weighted by Crippen LogP contribution is -2.37. The minimum absolute atomic E-state index is 0.606. The molecule has 0 rings (SSSR count). The fraction of sp³-hybridized carbons (Fsp3) is 1.00. The van der Waals surface area contributed by atoms with E-state index in [-0.39, 0.29) is 0 Å². The van der Waals surface area contributed by atoms with Crippen molar-refractivity contribution in [1.29, 1.82) is 0 Å². The fourth-order valence-corrected chi connectivity index (χ4v) is 0.964. The van der Waals surface area contributed by atoms with Gasteiger partial charge < -0.3 is 18.9 Å². The third kappa shape index (κ3) is 11.8. The highest BCUT2D eigenvalue weighted by atomic mass is 16.5. The molecule has 0 atom stereocenters. The molecule has 0 aliphatic carbocycles. The van der Waals surface area contributed by atoms with Crippen LogP contribution in [0.4, 0.5) is 0 Å². The smallest absolute Gasteiger partial charge is 0.0700 e. The third-order valence-electron chi connectivity index (χ3n) is 1.91. The van der Waals surface area contributed by atoms with Gasteiger partial charge >= 0.3 is 0 Å². The van der Waals surface area contributed by atoms with E-state index in [1.54, 1.807) is 19.2 Å². The van der Waals surface area contributed by atoms with Crippen molar-refractivity contribution in [2.75, 3.05) is 67.0 Å². The monoisotopic (exact) mass is 236 g/mol. The molecule has 6 nitrogen and oxygen atoms in total. The van der Waals surface area contributed by atoms with E-state index in [0.29, 0.717) is 52.7 Å². The van der Waals surface area contributed by atoms with Crippen molar-refractivity contribution in [3.8, 4) is 0 Å². The molecule has 2 N–H and O–H groups in total. The third-order valence-corrected chi connectivity index (χ3v) is 1.91. The normalized spacial score (nSPS) is 11.2. The van der Waals surface area contributed by atoms with E-state index in [0.717, 1.165) is 0 Å². The minimum Gasteiger partial charge on any atom is -0.382 e. The number of ether oxygens (including phenoxy) is 4. The van der Waals surface area contributed by atoms with E-state index < -0.39 is 0 Å². The first-order valence-electron chi connectivity index (χ1n) is 5.44. The van der Waals surface area contributed by atoms with E-state index in [1.807, 2.05) is 0 Å². The lowest BCUT2D eigenvalue weighted by molar-refractivity contribution is 0.0382. The van der Waals surface area contributed by atoms with Gasteiger partial charge in [0.2, 0.25) is 0 Å². The lowest BCUT2D eigenvalue weighted by atomic mass is 10.6. The quantitative estimate of drug-likeness (QED) is 0.280. The molecule has 0 amide bonds. The van der Waals surface area contributed by atoms with Crippen molar-refractivity contribution in [2.45, 2.75) is 0 Å². The van der Waals surface area contributed by atoms with Crippen LogP contribution in [-0.2, 0) is 18.9 Å². The highest BCUT2D eigenvalue weighted by Gasteiger charge is 1.98. The number of hydrogen-bond acceptors (Lipinski definition) is 6. The molecule has 0 saturated carbocycles. The minimum atomic E-state index is 0.606. The van der Waals surface area contributed by atoms with Crippen LogP contribution in [0.25, 0.3) is 0 Å². The number of hydrogen-bond donors (Lipinski definition) is 1. The standard InChI is InChI=1S/C10H24N2O4/c1-13-7-9-15-5-3-12(11)4-6-16-10-8-14-2/h3-11H2,1-2H3. The van der Waals surface area contributed by atoms with Crippen molar-refractivity contribution < 1.29 is 18.9 Å². The maximum absolute atomic E-state index is 5.71. The molecule has 0 aromatic rings. The molecule has 0 bridgehead atoms. The maximum atomic E-state index is 5.71. The van der Waals surface area contributed by atoms with Crippen LogP contribution < -0.4 is 5.84 Å². The molecule has 0 spiro atoms. The predicted molar refractivity (Wildman–Crippen MR) is 61.2 cm³/mol. The second-order valence-electron chi connectivity index (χ2n) is 3.25. The zero-order valence-corrected chi connectivity index (χ0v) is 10.3. The van der Waals surface area contributed by atoms with Gasteiger partial charge in [-0.15, -0.1) is 0 Å². The molecule has 0 heterocycles. The van der Waals surface area contributed by atoms with Gasteiger partial charge in [-0.1, -0.05) is 0 Å². The van der Waals surface area contributed by atoms with Gasteiger partial charge in [0.15, 0.2) is 0 Å². The summed E-state index contributed by atoms with van der Waals surface area (Å²) in [6, 6.07) is 0. The van der Waals surface area contributed by atoms with Crippen LogP contribution in [0.1, 0.15) is 0 Å². The molecule has 0 saturated heterocycles. The second-order valence-corrected chi connectivity index (χ2v) is 3.25. The van der Waals surface area contributed by atoms with Gasteiger partial charge in [-0.25, -0.2) is 5.01 Å². The Hall–Kier alpha value is -0.240. The molecule has 98 valence electrons. The Morgan fingerprint density at radius 3 is 1.56 bits per heavy atom. The van der Waals surface area contributed by atoms with Crippen LogP contribution in [0, 0.1) is 0 Å². The Kier molecular flexibility index (Phi) is 12.6. The Morgan fingerprint density at radius 2 is 1.19 bits per heavy atom. The topological polar surface area (TPSA) is 66.2 Å². The van der Waals surface area contributed by atoms with Crippen molar-refractivity contribution >= 4 is 0 Å². The van der Waals surface area contributed by atoms with Crippen LogP contribution in [0.3, 0.4) is 0 Å². The van der Waals surface area contributed by atoms with Gasteiger partial charge in [-0.2, -0.15) is 0 Å². The van der Waals surface area contributed by atoms with E-state index in [1.165, 1.54) is 0 Å². The summed E-state index contributed by atoms with van der Waals surface area (Å²) in [4.78, 5) is 0. The number of hydrazine groups is 1. The van der Waals surface area contributed by atoms with Crippen molar-refractivity contribution in [2.24, 2.45) is 5.84 Å².